The highest BCUT2D eigenvalue weighted by atomic mass is 35.5. The normalized spacial score (nSPS) is 10.3. The largest absolute Gasteiger partial charge is 0.325 e. The summed E-state index contributed by atoms with van der Waals surface area (Å²) in [5.41, 5.74) is 6.40. The number of hydrogen-bond acceptors (Lipinski definition) is 2. The summed E-state index contributed by atoms with van der Waals surface area (Å²) in [6, 6.07) is 1.78. The van der Waals surface area contributed by atoms with Crippen molar-refractivity contribution in [3.63, 3.8) is 0 Å². The molecule has 0 saturated carbocycles. The predicted molar refractivity (Wildman–Crippen MR) is 40.8 cm³/mol. The SMILES string of the molecule is CCn1nc(Cl)cc1CN. The van der Waals surface area contributed by atoms with E-state index >= 15 is 0 Å². The second-order valence-electron chi connectivity index (χ2n) is 1.98. The van der Waals surface area contributed by atoms with Gasteiger partial charge in [0.1, 0.15) is 0 Å². The molecular weight excluding hydrogens is 150 g/mol. The highest BCUT2D eigenvalue weighted by Gasteiger charge is 2.00. The molecule has 3 nitrogen and oxygen atoms in total. The number of hydrogen-bond donors (Lipinski definition) is 1. The zero-order chi connectivity index (χ0) is 7.56. The van der Waals surface area contributed by atoms with Crippen molar-refractivity contribution in [3.8, 4) is 0 Å². The van der Waals surface area contributed by atoms with Gasteiger partial charge in [0.05, 0.1) is 5.69 Å². The van der Waals surface area contributed by atoms with Gasteiger partial charge in [0.15, 0.2) is 5.15 Å². The Morgan fingerprint density at radius 3 is 2.90 bits per heavy atom. The minimum absolute atomic E-state index is 0.494. The number of rotatable bonds is 2. The van der Waals surface area contributed by atoms with E-state index in [1.807, 2.05) is 6.92 Å². The van der Waals surface area contributed by atoms with Crippen LogP contribution in [0.2, 0.25) is 5.15 Å². The lowest BCUT2D eigenvalue weighted by Crippen LogP contribution is -2.06. The van der Waals surface area contributed by atoms with Crippen LogP contribution in [0.25, 0.3) is 0 Å². The fourth-order valence-electron chi connectivity index (χ4n) is 0.859. The molecule has 1 heterocycles. The summed E-state index contributed by atoms with van der Waals surface area (Å²) in [6.07, 6.45) is 0. The monoisotopic (exact) mass is 159 g/mol. The molecule has 0 aromatic carbocycles. The van der Waals surface area contributed by atoms with Crippen LogP contribution in [0.5, 0.6) is 0 Å². The van der Waals surface area contributed by atoms with Crippen molar-refractivity contribution in [2.24, 2.45) is 5.73 Å². The lowest BCUT2D eigenvalue weighted by atomic mass is 10.4. The van der Waals surface area contributed by atoms with Gasteiger partial charge >= 0.3 is 0 Å². The zero-order valence-corrected chi connectivity index (χ0v) is 6.60. The smallest absolute Gasteiger partial charge is 0.151 e. The van der Waals surface area contributed by atoms with Gasteiger partial charge in [-0.25, -0.2) is 0 Å². The molecule has 0 radical (unpaired) electrons. The molecule has 0 amide bonds. The second kappa shape index (κ2) is 3.03. The van der Waals surface area contributed by atoms with Crippen LogP contribution < -0.4 is 5.73 Å². The van der Waals surface area contributed by atoms with Gasteiger partial charge in [-0.15, -0.1) is 0 Å². The molecular formula is C6H10ClN3. The van der Waals surface area contributed by atoms with E-state index in [1.54, 1.807) is 10.7 Å². The summed E-state index contributed by atoms with van der Waals surface area (Å²) >= 11 is 5.64. The van der Waals surface area contributed by atoms with Crippen molar-refractivity contribution >= 4 is 11.6 Å². The summed E-state index contributed by atoms with van der Waals surface area (Å²) in [4.78, 5) is 0. The quantitative estimate of drug-likeness (QED) is 0.700. The summed E-state index contributed by atoms with van der Waals surface area (Å²) in [5.74, 6) is 0. The number of aromatic nitrogens is 2. The third-order valence-corrected chi connectivity index (χ3v) is 1.53. The molecule has 0 saturated heterocycles. The van der Waals surface area contributed by atoms with E-state index in [0.29, 0.717) is 11.7 Å². The van der Waals surface area contributed by atoms with E-state index in [4.69, 9.17) is 17.3 Å². The van der Waals surface area contributed by atoms with Crippen LogP contribution in [0, 0.1) is 0 Å². The van der Waals surface area contributed by atoms with Crippen molar-refractivity contribution in [3.05, 3.63) is 16.9 Å². The van der Waals surface area contributed by atoms with Crippen LogP contribution in [0.3, 0.4) is 0 Å². The maximum atomic E-state index is 5.64. The topological polar surface area (TPSA) is 43.8 Å². The van der Waals surface area contributed by atoms with E-state index in [9.17, 15) is 0 Å². The molecule has 10 heavy (non-hydrogen) atoms. The number of aryl methyl sites for hydroxylation is 1. The van der Waals surface area contributed by atoms with Gasteiger partial charge in [-0.05, 0) is 13.0 Å². The van der Waals surface area contributed by atoms with Crippen molar-refractivity contribution in [1.29, 1.82) is 0 Å². The van der Waals surface area contributed by atoms with Gasteiger partial charge in [-0.1, -0.05) is 11.6 Å². The van der Waals surface area contributed by atoms with Gasteiger partial charge in [-0.3, -0.25) is 4.68 Å². The first-order valence-electron chi connectivity index (χ1n) is 3.20. The van der Waals surface area contributed by atoms with Gasteiger partial charge in [-0.2, -0.15) is 5.10 Å². The third kappa shape index (κ3) is 1.30. The van der Waals surface area contributed by atoms with Crippen molar-refractivity contribution in [2.45, 2.75) is 20.0 Å². The highest BCUT2D eigenvalue weighted by Crippen LogP contribution is 2.08. The van der Waals surface area contributed by atoms with Crippen LogP contribution in [-0.2, 0) is 13.1 Å². The summed E-state index contributed by atoms with van der Waals surface area (Å²) in [7, 11) is 0. The van der Waals surface area contributed by atoms with Gasteiger partial charge in [0, 0.05) is 13.1 Å². The van der Waals surface area contributed by atoms with Gasteiger partial charge < -0.3 is 5.73 Å². The molecule has 0 unspecified atom stereocenters. The van der Waals surface area contributed by atoms with Crippen LogP contribution in [0.4, 0.5) is 0 Å². The Hall–Kier alpha value is -0.540. The van der Waals surface area contributed by atoms with Crippen LogP contribution in [0.15, 0.2) is 6.07 Å². The molecule has 2 N–H and O–H groups in total. The third-order valence-electron chi connectivity index (χ3n) is 1.34. The highest BCUT2D eigenvalue weighted by molar-refractivity contribution is 6.29. The molecule has 0 atom stereocenters. The Morgan fingerprint density at radius 1 is 1.80 bits per heavy atom. The Balaban J connectivity index is 2.96. The Kier molecular flexibility index (Phi) is 2.29. The maximum Gasteiger partial charge on any atom is 0.151 e. The number of nitrogens with zero attached hydrogens (tertiary/aromatic N) is 2. The van der Waals surface area contributed by atoms with E-state index in [2.05, 4.69) is 5.10 Å². The maximum absolute atomic E-state index is 5.64. The van der Waals surface area contributed by atoms with Crippen LogP contribution in [-0.4, -0.2) is 9.78 Å². The van der Waals surface area contributed by atoms with E-state index in [0.717, 1.165) is 12.2 Å². The Morgan fingerprint density at radius 2 is 2.50 bits per heavy atom. The van der Waals surface area contributed by atoms with E-state index < -0.39 is 0 Å². The van der Waals surface area contributed by atoms with Crippen LogP contribution >= 0.6 is 11.6 Å². The first kappa shape index (κ1) is 7.57. The lowest BCUT2D eigenvalue weighted by molar-refractivity contribution is 0.623. The van der Waals surface area contributed by atoms with Crippen LogP contribution in [0.1, 0.15) is 12.6 Å². The summed E-state index contributed by atoms with van der Waals surface area (Å²) in [6.45, 7) is 3.31. The van der Waals surface area contributed by atoms with Crippen molar-refractivity contribution < 1.29 is 0 Å². The fraction of sp³-hybridized carbons (Fsp3) is 0.500. The Labute approximate surface area is 64.8 Å². The molecule has 56 valence electrons. The summed E-state index contributed by atoms with van der Waals surface area (Å²) < 4.78 is 1.79. The average molecular weight is 160 g/mol. The van der Waals surface area contributed by atoms with E-state index in [1.165, 1.54) is 0 Å². The average Bonchev–Trinajstić information content (AvgIpc) is 2.30. The van der Waals surface area contributed by atoms with Gasteiger partial charge in [0.2, 0.25) is 0 Å². The van der Waals surface area contributed by atoms with E-state index in [-0.39, 0.29) is 0 Å². The fourth-order valence-corrected chi connectivity index (χ4v) is 1.08. The molecule has 1 aromatic rings. The van der Waals surface area contributed by atoms with Gasteiger partial charge in [0.25, 0.3) is 0 Å². The molecule has 0 aliphatic carbocycles. The lowest BCUT2D eigenvalue weighted by Gasteiger charge is -1.98. The first-order chi connectivity index (χ1) is 4.77. The standard InChI is InChI=1S/C6H10ClN3/c1-2-10-5(4-8)3-6(7)9-10/h3H,2,4,8H2,1H3. The molecule has 0 fully saturated rings. The molecule has 0 bridgehead atoms. The zero-order valence-electron chi connectivity index (χ0n) is 5.84. The molecule has 0 aliphatic rings. The summed E-state index contributed by atoms with van der Waals surface area (Å²) in [5, 5.41) is 4.52. The molecule has 0 spiro atoms. The molecule has 1 aromatic heterocycles. The minimum Gasteiger partial charge on any atom is -0.325 e. The number of halogens is 1. The first-order valence-corrected chi connectivity index (χ1v) is 3.58. The van der Waals surface area contributed by atoms with Crippen molar-refractivity contribution in [1.82, 2.24) is 9.78 Å². The Bertz CT molecular complexity index is 197. The predicted octanol–water partition coefficient (Wildman–Crippen LogP) is 1.02. The number of nitrogens with two attached hydrogens (primary N) is 1. The molecule has 1 rings (SSSR count). The minimum atomic E-state index is 0.494. The van der Waals surface area contributed by atoms with Crippen molar-refractivity contribution in [2.75, 3.05) is 0 Å². The second-order valence-corrected chi connectivity index (χ2v) is 2.37. The molecule has 4 heteroatoms. The molecule has 0 aliphatic heterocycles.